The molecule has 2 heterocycles. The van der Waals surface area contributed by atoms with E-state index in [0.717, 1.165) is 6.42 Å². The summed E-state index contributed by atoms with van der Waals surface area (Å²) in [5.74, 6) is 0. The van der Waals surface area contributed by atoms with E-state index in [9.17, 15) is 14.7 Å². The monoisotopic (exact) mass is 295 g/mol. The molecule has 0 unspecified atom stereocenters. The van der Waals surface area contributed by atoms with Crippen molar-refractivity contribution in [1.82, 2.24) is 9.55 Å². The van der Waals surface area contributed by atoms with Gasteiger partial charge < -0.3 is 9.84 Å². The Kier molecular flexibility index (Phi) is 4.79. The van der Waals surface area contributed by atoms with E-state index in [1.807, 2.05) is 6.92 Å². The molecule has 2 N–H and O–H groups in total. The molecule has 1 saturated heterocycles. The molecule has 1 aromatic rings. The fraction of sp³-hybridized carbons (Fsp3) is 0.667. The average Bonchev–Trinajstić information content (AvgIpc) is 2.80. The molecular formula is C12H17N5O4. The number of aromatic amines is 1. The molecule has 2 rings (SSSR count). The molecular weight excluding hydrogens is 278 g/mol. The highest BCUT2D eigenvalue weighted by Gasteiger charge is 2.35. The number of aliphatic hydroxyl groups excluding tert-OH is 1. The van der Waals surface area contributed by atoms with Crippen molar-refractivity contribution < 1.29 is 9.84 Å². The Morgan fingerprint density at radius 1 is 1.62 bits per heavy atom. The molecule has 21 heavy (non-hydrogen) atoms. The molecule has 114 valence electrons. The van der Waals surface area contributed by atoms with Crippen LogP contribution < -0.4 is 11.2 Å². The van der Waals surface area contributed by atoms with Crippen molar-refractivity contribution in [2.24, 2.45) is 5.11 Å². The van der Waals surface area contributed by atoms with E-state index >= 15 is 0 Å². The van der Waals surface area contributed by atoms with Crippen LogP contribution in [0.3, 0.4) is 0 Å². The van der Waals surface area contributed by atoms with Gasteiger partial charge in [-0.3, -0.25) is 14.3 Å². The molecule has 1 fully saturated rings. The van der Waals surface area contributed by atoms with Gasteiger partial charge >= 0.3 is 5.69 Å². The SMILES string of the molecule is CCCc1cn([C@H]2C[C@H](O)[C@@H](CN=[N+]=[N-])O2)c(=O)[nH]c1=O. The first-order chi connectivity index (χ1) is 10.1. The molecule has 0 spiro atoms. The third kappa shape index (κ3) is 3.33. The lowest BCUT2D eigenvalue weighted by molar-refractivity contribution is -0.0151. The highest BCUT2D eigenvalue weighted by Crippen LogP contribution is 2.27. The molecule has 1 aliphatic rings. The van der Waals surface area contributed by atoms with Crippen molar-refractivity contribution in [3.05, 3.63) is 43.0 Å². The zero-order valence-corrected chi connectivity index (χ0v) is 11.6. The summed E-state index contributed by atoms with van der Waals surface area (Å²) >= 11 is 0. The zero-order valence-electron chi connectivity index (χ0n) is 11.6. The Morgan fingerprint density at radius 3 is 3.05 bits per heavy atom. The summed E-state index contributed by atoms with van der Waals surface area (Å²) in [6.07, 6.45) is 0.829. The number of aliphatic hydroxyl groups is 1. The normalized spacial score (nSPS) is 24.8. The molecule has 9 heteroatoms. The van der Waals surface area contributed by atoms with E-state index < -0.39 is 29.7 Å². The second kappa shape index (κ2) is 6.57. The van der Waals surface area contributed by atoms with Gasteiger partial charge in [0.15, 0.2) is 0 Å². The number of nitrogens with one attached hydrogen (secondary N) is 1. The number of nitrogens with zero attached hydrogens (tertiary/aromatic N) is 4. The summed E-state index contributed by atoms with van der Waals surface area (Å²) in [5, 5.41) is 13.2. The summed E-state index contributed by atoms with van der Waals surface area (Å²) < 4.78 is 6.81. The maximum absolute atomic E-state index is 11.9. The maximum Gasteiger partial charge on any atom is 0.330 e. The lowest BCUT2D eigenvalue weighted by Gasteiger charge is -2.15. The van der Waals surface area contributed by atoms with E-state index in [4.69, 9.17) is 10.3 Å². The van der Waals surface area contributed by atoms with Gasteiger partial charge in [0.25, 0.3) is 5.56 Å². The molecule has 1 aliphatic heterocycles. The summed E-state index contributed by atoms with van der Waals surface area (Å²) in [6, 6.07) is 0. The number of ether oxygens (including phenoxy) is 1. The molecule has 0 amide bonds. The van der Waals surface area contributed by atoms with Gasteiger partial charge in [-0.2, -0.15) is 0 Å². The molecule has 0 aromatic carbocycles. The minimum Gasteiger partial charge on any atom is -0.390 e. The zero-order chi connectivity index (χ0) is 15.4. The van der Waals surface area contributed by atoms with E-state index in [2.05, 4.69) is 15.0 Å². The van der Waals surface area contributed by atoms with Gasteiger partial charge in [-0.25, -0.2) is 4.79 Å². The van der Waals surface area contributed by atoms with Gasteiger partial charge in [0.2, 0.25) is 0 Å². The third-order valence-corrected chi connectivity index (χ3v) is 3.40. The van der Waals surface area contributed by atoms with Crippen molar-refractivity contribution in [2.45, 2.75) is 44.6 Å². The molecule has 1 aromatic heterocycles. The number of hydrogen-bond donors (Lipinski definition) is 2. The molecule has 3 atom stereocenters. The summed E-state index contributed by atoms with van der Waals surface area (Å²) in [7, 11) is 0. The van der Waals surface area contributed by atoms with Crippen molar-refractivity contribution >= 4 is 0 Å². The Morgan fingerprint density at radius 2 is 2.38 bits per heavy atom. The van der Waals surface area contributed by atoms with Crippen LogP contribution in [-0.4, -0.2) is 33.4 Å². The van der Waals surface area contributed by atoms with Gasteiger partial charge in [-0.15, -0.1) is 0 Å². The average molecular weight is 295 g/mol. The minimum atomic E-state index is -0.825. The highest BCUT2D eigenvalue weighted by molar-refractivity contribution is 5.05. The molecule has 9 nitrogen and oxygen atoms in total. The summed E-state index contributed by atoms with van der Waals surface area (Å²) in [4.78, 5) is 28.4. The van der Waals surface area contributed by atoms with Crippen LogP contribution in [0.1, 0.15) is 31.6 Å². The van der Waals surface area contributed by atoms with Gasteiger partial charge in [0.05, 0.1) is 18.8 Å². The van der Waals surface area contributed by atoms with Crippen LogP contribution >= 0.6 is 0 Å². The number of azide groups is 1. The largest absolute Gasteiger partial charge is 0.390 e. The second-order valence-electron chi connectivity index (χ2n) is 4.92. The Labute approximate surface area is 119 Å². The van der Waals surface area contributed by atoms with Gasteiger partial charge in [0, 0.05) is 23.1 Å². The van der Waals surface area contributed by atoms with E-state index in [1.54, 1.807) is 0 Å². The number of hydrogen-bond acceptors (Lipinski definition) is 5. The standard InChI is InChI=1S/C12H17N5O4/c1-2-3-7-6-17(12(20)15-11(7)19)10-4-8(18)9(21-10)5-14-16-13/h6,8-10,18H,2-5H2,1H3,(H,15,19,20)/t8-,9+,10+/m0/s1. The molecule has 0 aliphatic carbocycles. The van der Waals surface area contributed by atoms with Crippen molar-refractivity contribution in [3.8, 4) is 0 Å². The lowest BCUT2D eigenvalue weighted by Crippen LogP contribution is -2.34. The predicted octanol–water partition coefficient (Wildman–Crippen LogP) is 0.448. The minimum absolute atomic E-state index is 0.00587. The van der Waals surface area contributed by atoms with Crippen LogP contribution in [0.4, 0.5) is 0 Å². The van der Waals surface area contributed by atoms with Crippen molar-refractivity contribution in [3.63, 3.8) is 0 Å². The van der Waals surface area contributed by atoms with Crippen LogP contribution in [0.2, 0.25) is 0 Å². The number of H-pyrrole nitrogens is 1. The van der Waals surface area contributed by atoms with E-state index in [0.29, 0.717) is 12.0 Å². The van der Waals surface area contributed by atoms with Gasteiger partial charge in [-0.05, 0) is 12.0 Å². The van der Waals surface area contributed by atoms with Crippen LogP contribution in [0.25, 0.3) is 10.4 Å². The Bertz CT molecular complexity index is 660. The molecule has 0 radical (unpaired) electrons. The predicted molar refractivity (Wildman–Crippen MR) is 73.9 cm³/mol. The van der Waals surface area contributed by atoms with Crippen LogP contribution in [0.15, 0.2) is 20.9 Å². The number of aryl methyl sites for hydroxylation is 1. The molecule has 0 bridgehead atoms. The fourth-order valence-electron chi connectivity index (χ4n) is 2.36. The van der Waals surface area contributed by atoms with Gasteiger partial charge in [-0.1, -0.05) is 18.5 Å². The van der Waals surface area contributed by atoms with Crippen molar-refractivity contribution in [1.29, 1.82) is 0 Å². The smallest absolute Gasteiger partial charge is 0.330 e. The highest BCUT2D eigenvalue weighted by atomic mass is 16.5. The first-order valence-electron chi connectivity index (χ1n) is 6.75. The Balaban J connectivity index is 2.26. The first-order valence-corrected chi connectivity index (χ1v) is 6.75. The van der Waals surface area contributed by atoms with E-state index in [1.165, 1.54) is 10.8 Å². The number of rotatable bonds is 5. The maximum atomic E-state index is 11.9. The third-order valence-electron chi connectivity index (χ3n) is 3.40. The Hall–Kier alpha value is -2.09. The van der Waals surface area contributed by atoms with E-state index in [-0.39, 0.29) is 13.0 Å². The fourth-order valence-corrected chi connectivity index (χ4v) is 2.36. The first kappa shape index (κ1) is 15.3. The quantitative estimate of drug-likeness (QED) is 0.463. The summed E-state index contributed by atoms with van der Waals surface area (Å²) in [6.45, 7) is 1.93. The topological polar surface area (TPSA) is 133 Å². The lowest BCUT2D eigenvalue weighted by atomic mass is 10.2. The number of aromatic nitrogens is 2. The summed E-state index contributed by atoms with van der Waals surface area (Å²) in [5.41, 5.74) is 7.80. The van der Waals surface area contributed by atoms with Crippen LogP contribution in [-0.2, 0) is 11.2 Å². The van der Waals surface area contributed by atoms with Crippen LogP contribution in [0, 0.1) is 0 Å². The van der Waals surface area contributed by atoms with Crippen LogP contribution in [0.5, 0.6) is 0 Å². The van der Waals surface area contributed by atoms with Crippen molar-refractivity contribution in [2.75, 3.05) is 6.54 Å². The second-order valence-corrected chi connectivity index (χ2v) is 4.92. The van der Waals surface area contributed by atoms with Gasteiger partial charge in [0.1, 0.15) is 6.23 Å². The molecule has 0 saturated carbocycles.